The Morgan fingerprint density at radius 1 is 1.11 bits per heavy atom. The molecular weight excluding hydrogens is 386 g/mol. The lowest BCUT2D eigenvalue weighted by Gasteiger charge is -2.12. The van der Waals surface area contributed by atoms with Crippen molar-refractivity contribution in [1.82, 2.24) is 14.5 Å². The molecule has 0 spiro atoms. The minimum Gasteiger partial charge on any atom is -0.282 e. The molecule has 1 aromatic carbocycles. The van der Waals surface area contributed by atoms with Crippen molar-refractivity contribution in [3.8, 4) is 0 Å². The molecule has 0 saturated heterocycles. The molecule has 3 heterocycles. The zero-order chi connectivity index (χ0) is 19.7. The van der Waals surface area contributed by atoms with E-state index in [0.717, 1.165) is 37.1 Å². The van der Waals surface area contributed by atoms with E-state index in [1.54, 1.807) is 40.1 Å². The summed E-state index contributed by atoms with van der Waals surface area (Å²) < 4.78 is 1.79. The Morgan fingerprint density at radius 3 is 2.68 bits per heavy atom. The van der Waals surface area contributed by atoms with Crippen LogP contribution >= 0.6 is 23.1 Å². The van der Waals surface area contributed by atoms with Gasteiger partial charge in [-0.2, -0.15) is 0 Å². The lowest BCUT2D eigenvalue weighted by molar-refractivity contribution is 0.657. The first-order chi connectivity index (χ1) is 13.5. The van der Waals surface area contributed by atoms with Crippen LogP contribution in [-0.4, -0.2) is 14.5 Å². The van der Waals surface area contributed by atoms with Crippen LogP contribution in [0.3, 0.4) is 0 Å². The predicted molar refractivity (Wildman–Crippen MR) is 117 cm³/mol. The van der Waals surface area contributed by atoms with Gasteiger partial charge in [0.25, 0.3) is 5.56 Å². The summed E-state index contributed by atoms with van der Waals surface area (Å²) in [6.07, 6.45) is 3.55. The van der Waals surface area contributed by atoms with E-state index in [-0.39, 0.29) is 5.56 Å². The first-order valence-corrected chi connectivity index (χ1v) is 10.9. The fraction of sp³-hybridized carbons (Fsp3) is 0.227. The molecule has 0 atom stereocenters. The van der Waals surface area contributed by atoms with Crippen molar-refractivity contribution in [2.75, 3.05) is 0 Å². The van der Waals surface area contributed by atoms with Gasteiger partial charge in [-0.05, 0) is 43.5 Å². The van der Waals surface area contributed by atoms with E-state index >= 15 is 0 Å². The van der Waals surface area contributed by atoms with Crippen LogP contribution in [0.2, 0.25) is 0 Å². The van der Waals surface area contributed by atoms with Crippen molar-refractivity contribution in [3.63, 3.8) is 0 Å². The molecule has 0 aliphatic heterocycles. The molecule has 28 heavy (non-hydrogen) atoms. The van der Waals surface area contributed by atoms with Crippen molar-refractivity contribution in [1.29, 1.82) is 0 Å². The third kappa shape index (κ3) is 3.75. The highest BCUT2D eigenvalue weighted by Crippen LogP contribution is 2.29. The molecule has 0 amide bonds. The largest absolute Gasteiger partial charge is 0.282 e. The second-order valence-corrected chi connectivity index (χ2v) is 9.03. The van der Waals surface area contributed by atoms with Crippen molar-refractivity contribution in [3.05, 3.63) is 86.3 Å². The van der Waals surface area contributed by atoms with Gasteiger partial charge in [0.05, 0.1) is 11.9 Å². The maximum absolute atomic E-state index is 13.3. The monoisotopic (exact) mass is 407 g/mol. The lowest BCUT2D eigenvalue weighted by Crippen LogP contribution is -2.24. The summed E-state index contributed by atoms with van der Waals surface area (Å²) in [5, 5.41) is 1.50. The Balaban J connectivity index is 1.78. The summed E-state index contributed by atoms with van der Waals surface area (Å²) in [4.78, 5) is 24.4. The van der Waals surface area contributed by atoms with Gasteiger partial charge in [0.2, 0.25) is 0 Å². The molecule has 0 bridgehead atoms. The number of rotatable bonds is 5. The predicted octanol–water partition coefficient (Wildman–Crippen LogP) is 5.12. The number of thiophene rings is 1. The molecule has 3 aromatic heterocycles. The van der Waals surface area contributed by atoms with Crippen LogP contribution in [0, 0.1) is 20.8 Å². The van der Waals surface area contributed by atoms with Gasteiger partial charge >= 0.3 is 0 Å². The van der Waals surface area contributed by atoms with Gasteiger partial charge in [-0.25, -0.2) is 4.98 Å². The minimum atomic E-state index is 0.0300. The van der Waals surface area contributed by atoms with Gasteiger partial charge in [-0.1, -0.05) is 47.7 Å². The van der Waals surface area contributed by atoms with Crippen molar-refractivity contribution in [2.24, 2.45) is 0 Å². The Hall–Kier alpha value is -2.44. The van der Waals surface area contributed by atoms with Crippen LogP contribution in [0.4, 0.5) is 0 Å². The molecule has 0 unspecified atom stereocenters. The normalized spacial score (nSPS) is 11.2. The molecular formula is C22H21N3OS2. The quantitative estimate of drug-likeness (QED) is 0.340. The minimum absolute atomic E-state index is 0.0300. The summed E-state index contributed by atoms with van der Waals surface area (Å²) in [5.74, 6) is 0.774. The number of fused-ring (bicyclic) bond motifs is 1. The summed E-state index contributed by atoms with van der Waals surface area (Å²) in [6, 6.07) is 12.3. The second-order valence-electron chi connectivity index (χ2n) is 6.89. The fourth-order valence-electron chi connectivity index (χ4n) is 3.18. The molecule has 0 aliphatic carbocycles. The van der Waals surface area contributed by atoms with Gasteiger partial charge in [-0.15, -0.1) is 11.3 Å². The molecule has 4 nitrogen and oxygen atoms in total. The number of nitrogens with zero attached hydrogens (tertiary/aromatic N) is 3. The third-order valence-electron chi connectivity index (χ3n) is 4.77. The van der Waals surface area contributed by atoms with Gasteiger partial charge in [0, 0.05) is 23.0 Å². The molecule has 6 heteroatoms. The topological polar surface area (TPSA) is 47.8 Å². The van der Waals surface area contributed by atoms with E-state index in [2.05, 4.69) is 36.2 Å². The highest BCUT2D eigenvalue weighted by atomic mass is 32.2. The Bertz CT molecular complexity index is 1200. The van der Waals surface area contributed by atoms with Crippen LogP contribution in [0.5, 0.6) is 0 Å². The molecule has 142 valence electrons. The molecule has 4 aromatic rings. The Kier molecular flexibility index (Phi) is 5.33. The molecule has 4 rings (SSSR count). The second kappa shape index (κ2) is 7.89. The Labute approximate surface area is 172 Å². The lowest BCUT2D eigenvalue weighted by atomic mass is 10.2. The van der Waals surface area contributed by atoms with Crippen molar-refractivity contribution in [2.45, 2.75) is 38.2 Å². The number of pyridine rings is 1. The van der Waals surface area contributed by atoms with E-state index in [4.69, 9.17) is 4.98 Å². The summed E-state index contributed by atoms with van der Waals surface area (Å²) >= 11 is 3.21. The van der Waals surface area contributed by atoms with E-state index in [1.807, 2.05) is 26.0 Å². The molecule has 0 radical (unpaired) electrons. The highest BCUT2D eigenvalue weighted by molar-refractivity contribution is 7.98. The zero-order valence-electron chi connectivity index (χ0n) is 16.1. The number of thioether (sulfide) groups is 1. The van der Waals surface area contributed by atoms with Crippen LogP contribution < -0.4 is 5.56 Å². The molecule has 0 saturated carbocycles. The van der Waals surface area contributed by atoms with E-state index in [9.17, 15) is 4.79 Å². The van der Waals surface area contributed by atoms with Crippen molar-refractivity contribution >= 4 is 33.3 Å². The van der Waals surface area contributed by atoms with Crippen LogP contribution in [-0.2, 0) is 12.3 Å². The average Bonchev–Trinajstić information content (AvgIpc) is 2.97. The van der Waals surface area contributed by atoms with Gasteiger partial charge in [-0.3, -0.25) is 14.3 Å². The highest BCUT2D eigenvalue weighted by Gasteiger charge is 2.17. The fourth-order valence-corrected chi connectivity index (χ4v) is 5.19. The summed E-state index contributed by atoms with van der Waals surface area (Å²) in [6.45, 7) is 6.62. The summed E-state index contributed by atoms with van der Waals surface area (Å²) in [5.41, 5.74) is 4.52. The first-order valence-electron chi connectivity index (χ1n) is 9.10. The molecule has 0 fully saturated rings. The number of aromatic nitrogens is 3. The maximum atomic E-state index is 13.3. The number of benzene rings is 1. The SMILES string of the molecule is Cc1cccc(CSc2nc3sc(C)c(C)c3c(=O)n2Cc2cccnc2)c1. The van der Waals surface area contributed by atoms with E-state index < -0.39 is 0 Å². The number of hydrogen-bond donors (Lipinski definition) is 0. The van der Waals surface area contributed by atoms with Crippen LogP contribution in [0.25, 0.3) is 10.2 Å². The smallest absolute Gasteiger partial charge is 0.263 e. The standard InChI is InChI=1S/C22H21N3OS2/c1-14-6-4-7-17(10-14)13-27-22-24-20-19(15(2)16(3)28-20)21(26)25(22)12-18-8-5-9-23-11-18/h4-11H,12-13H2,1-3H3. The average molecular weight is 408 g/mol. The Morgan fingerprint density at radius 2 is 1.93 bits per heavy atom. The first kappa shape index (κ1) is 18.9. The number of aryl methyl sites for hydroxylation is 3. The van der Waals surface area contributed by atoms with Gasteiger partial charge in [0.15, 0.2) is 5.16 Å². The molecule has 0 N–H and O–H groups in total. The maximum Gasteiger partial charge on any atom is 0.263 e. The van der Waals surface area contributed by atoms with E-state index in [1.165, 1.54) is 11.1 Å². The third-order valence-corrected chi connectivity index (χ3v) is 6.92. The van der Waals surface area contributed by atoms with E-state index in [0.29, 0.717) is 6.54 Å². The van der Waals surface area contributed by atoms with Crippen LogP contribution in [0.15, 0.2) is 58.7 Å². The zero-order valence-corrected chi connectivity index (χ0v) is 17.7. The van der Waals surface area contributed by atoms with Gasteiger partial charge < -0.3 is 0 Å². The number of hydrogen-bond acceptors (Lipinski definition) is 5. The van der Waals surface area contributed by atoms with Gasteiger partial charge in [0.1, 0.15) is 4.83 Å². The van der Waals surface area contributed by atoms with Crippen LogP contribution in [0.1, 0.15) is 27.1 Å². The summed E-state index contributed by atoms with van der Waals surface area (Å²) in [7, 11) is 0. The molecule has 0 aliphatic rings. The van der Waals surface area contributed by atoms with Crippen molar-refractivity contribution < 1.29 is 0 Å².